The third-order valence-corrected chi connectivity index (χ3v) is 3.57. The molecule has 0 spiro atoms. The standard InChI is InChI=1S/C14H24N4O/c1-4-7-15-13-12(19-3)14(18-9-17-13)16-8-10(2)11-5-6-11/h9-11H,4-8H2,1-3H3,(H2,15,16,17,18). The minimum Gasteiger partial charge on any atom is -0.490 e. The third-order valence-electron chi connectivity index (χ3n) is 3.57. The molecule has 2 N–H and O–H groups in total. The Morgan fingerprint density at radius 3 is 2.58 bits per heavy atom. The van der Waals surface area contributed by atoms with Crippen molar-refractivity contribution in [3.8, 4) is 5.75 Å². The maximum absolute atomic E-state index is 5.43. The van der Waals surface area contributed by atoms with E-state index in [1.165, 1.54) is 12.8 Å². The molecule has 1 saturated carbocycles. The van der Waals surface area contributed by atoms with Crippen LogP contribution in [0.15, 0.2) is 6.33 Å². The van der Waals surface area contributed by atoms with Gasteiger partial charge in [-0.25, -0.2) is 9.97 Å². The molecule has 5 nitrogen and oxygen atoms in total. The van der Waals surface area contributed by atoms with Gasteiger partial charge in [0.25, 0.3) is 0 Å². The average molecular weight is 264 g/mol. The van der Waals surface area contributed by atoms with Crippen molar-refractivity contribution >= 4 is 11.6 Å². The molecule has 106 valence electrons. The molecule has 0 aromatic carbocycles. The van der Waals surface area contributed by atoms with Crippen LogP contribution in [0, 0.1) is 11.8 Å². The molecule has 1 atom stereocenters. The van der Waals surface area contributed by atoms with Gasteiger partial charge in [-0.3, -0.25) is 0 Å². The van der Waals surface area contributed by atoms with Gasteiger partial charge in [-0.15, -0.1) is 0 Å². The van der Waals surface area contributed by atoms with Crippen LogP contribution in [0.4, 0.5) is 11.6 Å². The summed E-state index contributed by atoms with van der Waals surface area (Å²) >= 11 is 0. The summed E-state index contributed by atoms with van der Waals surface area (Å²) in [6.07, 6.45) is 5.36. The molecule has 1 aliphatic rings. The molecule has 0 saturated heterocycles. The zero-order valence-electron chi connectivity index (χ0n) is 12.1. The largest absolute Gasteiger partial charge is 0.490 e. The molecule has 2 rings (SSSR count). The summed E-state index contributed by atoms with van der Waals surface area (Å²) in [7, 11) is 1.66. The second-order valence-electron chi connectivity index (χ2n) is 5.23. The first-order valence-electron chi connectivity index (χ1n) is 7.13. The van der Waals surface area contributed by atoms with Gasteiger partial charge in [-0.05, 0) is 31.1 Å². The molecule has 0 radical (unpaired) electrons. The van der Waals surface area contributed by atoms with Crippen molar-refractivity contribution in [1.82, 2.24) is 9.97 Å². The van der Waals surface area contributed by atoms with E-state index in [1.807, 2.05) is 0 Å². The summed E-state index contributed by atoms with van der Waals surface area (Å²) < 4.78 is 5.43. The highest BCUT2D eigenvalue weighted by Gasteiger charge is 2.27. The number of anilines is 2. The Labute approximate surface area is 115 Å². The molecule has 0 aliphatic heterocycles. The molecule has 1 aromatic heterocycles. The van der Waals surface area contributed by atoms with Gasteiger partial charge < -0.3 is 15.4 Å². The van der Waals surface area contributed by atoms with E-state index in [2.05, 4.69) is 34.4 Å². The highest BCUT2D eigenvalue weighted by atomic mass is 16.5. The first kappa shape index (κ1) is 13.9. The van der Waals surface area contributed by atoms with Gasteiger partial charge >= 0.3 is 0 Å². The zero-order valence-corrected chi connectivity index (χ0v) is 12.1. The molecule has 5 heteroatoms. The Bertz CT molecular complexity index is 406. The van der Waals surface area contributed by atoms with Crippen molar-refractivity contribution in [2.24, 2.45) is 11.8 Å². The van der Waals surface area contributed by atoms with Gasteiger partial charge in [0.05, 0.1) is 7.11 Å². The molecular formula is C14H24N4O. The predicted molar refractivity (Wildman–Crippen MR) is 77.7 cm³/mol. The lowest BCUT2D eigenvalue weighted by atomic mass is 10.1. The highest BCUT2D eigenvalue weighted by molar-refractivity contribution is 5.63. The smallest absolute Gasteiger partial charge is 0.204 e. The Kier molecular flexibility index (Phi) is 4.82. The number of nitrogens with zero attached hydrogens (tertiary/aromatic N) is 2. The summed E-state index contributed by atoms with van der Waals surface area (Å²) in [5.74, 6) is 3.83. The fraction of sp³-hybridized carbons (Fsp3) is 0.714. The maximum atomic E-state index is 5.43. The van der Waals surface area contributed by atoms with E-state index in [-0.39, 0.29) is 0 Å². The number of nitrogens with one attached hydrogen (secondary N) is 2. The molecular weight excluding hydrogens is 240 g/mol. The van der Waals surface area contributed by atoms with E-state index in [0.717, 1.165) is 37.1 Å². The lowest BCUT2D eigenvalue weighted by molar-refractivity contribution is 0.414. The van der Waals surface area contributed by atoms with E-state index in [4.69, 9.17) is 4.74 Å². The summed E-state index contributed by atoms with van der Waals surface area (Å²) in [6.45, 7) is 6.22. The van der Waals surface area contributed by atoms with Crippen LogP contribution >= 0.6 is 0 Å². The Morgan fingerprint density at radius 1 is 1.32 bits per heavy atom. The van der Waals surface area contributed by atoms with Crippen LogP contribution in [0.5, 0.6) is 5.75 Å². The quantitative estimate of drug-likeness (QED) is 0.756. The van der Waals surface area contributed by atoms with E-state index in [9.17, 15) is 0 Å². The van der Waals surface area contributed by atoms with Crippen molar-refractivity contribution < 1.29 is 4.74 Å². The summed E-state index contributed by atoms with van der Waals surface area (Å²) in [6, 6.07) is 0. The monoisotopic (exact) mass is 264 g/mol. The van der Waals surface area contributed by atoms with Crippen molar-refractivity contribution in [3.05, 3.63) is 6.33 Å². The van der Waals surface area contributed by atoms with E-state index in [0.29, 0.717) is 11.7 Å². The maximum Gasteiger partial charge on any atom is 0.204 e. The summed E-state index contributed by atoms with van der Waals surface area (Å²) in [5.41, 5.74) is 0. The first-order chi connectivity index (χ1) is 9.26. The molecule has 1 unspecified atom stereocenters. The predicted octanol–water partition coefficient (Wildman–Crippen LogP) is 2.77. The number of aromatic nitrogens is 2. The second kappa shape index (κ2) is 6.59. The van der Waals surface area contributed by atoms with Gasteiger partial charge in [-0.1, -0.05) is 13.8 Å². The molecule has 1 heterocycles. The molecule has 0 bridgehead atoms. The van der Waals surface area contributed by atoms with Crippen LogP contribution in [0.1, 0.15) is 33.1 Å². The molecule has 1 aliphatic carbocycles. The molecule has 19 heavy (non-hydrogen) atoms. The number of hydrogen-bond acceptors (Lipinski definition) is 5. The van der Waals surface area contributed by atoms with Crippen LogP contribution in [-0.4, -0.2) is 30.2 Å². The number of hydrogen-bond donors (Lipinski definition) is 2. The van der Waals surface area contributed by atoms with Crippen molar-refractivity contribution in [1.29, 1.82) is 0 Å². The van der Waals surface area contributed by atoms with Crippen LogP contribution in [0.25, 0.3) is 0 Å². The zero-order chi connectivity index (χ0) is 13.7. The minimum atomic E-state index is 0.687. The van der Waals surface area contributed by atoms with Crippen molar-refractivity contribution in [2.45, 2.75) is 33.1 Å². The number of ether oxygens (including phenoxy) is 1. The van der Waals surface area contributed by atoms with E-state index in [1.54, 1.807) is 13.4 Å². The van der Waals surface area contributed by atoms with Gasteiger partial charge in [0.2, 0.25) is 5.75 Å². The van der Waals surface area contributed by atoms with Crippen LogP contribution in [0.3, 0.4) is 0 Å². The van der Waals surface area contributed by atoms with Crippen LogP contribution in [-0.2, 0) is 0 Å². The third kappa shape index (κ3) is 3.72. The van der Waals surface area contributed by atoms with E-state index < -0.39 is 0 Å². The fourth-order valence-electron chi connectivity index (χ4n) is 2.15. The fourth-order valence-corrected chi connectivity index (χ4v) is 2.15. The van der Waals surface area contributed by atoms with Crippen molar-refractivity contribution in [3.63, 3.8) is 0 Å². The second-order valence-corrected chi connectivity index (χ2v) is 5.23. The Balaban J connectivity index is 2.01. The summed E-state index contributed by atoms with van der Waals surface area (Å²) in [5, 5.41) is 6.65. The Morgan fingerprint density at radius 2 is 2.00 bits per heavy atom. The topological polar surface area (TPSA) is 59.1 Å². The Hall–Kier alpha value is -1.52. The summed E-state index contributed by atoms with van der Waals surface area (Å²) in [4.78, 5) is 8.52. The lowest BCUT2D eigenvalue weighted by Gasteiger charge is -2.16. The van der Waals surface area contributed by atoms with Gasteiger partial charge in [0, 0.05) is 13.1 Å². The van der Waals surface area contributed by atoms with E-state index >= 15 is 0 Å². The van der Waals surface area contributed by atoms with Crippen LogP contribution in [0.2, 0.25) is 0 Å². The van der Waals surface area contributed by atoms with Crippen molar-refractivity contribution in [2.75, 3.05) is 30.8 Å². The van der Waals surface area contributed by atoms with Gasteiger partial charge in [0.1, 0.15) is 6.33 Å². The normalized spacial score (nSPS) is 15.9. The van der Waals surface area contributed by atoms with Gasteiger partial charge in [0.15, 0.2) is 11.6 Å². The lowest BCUT2D eigenvalue weighted by Crippen LogP contribution is -2.15. The SMILES string of the molecule is CCCNc1ncnc(NCC(C)C2CC2)c1OC. The number of methoxy groups -OCH3 is 1. The molecule has 0 amide bonds. The van der Waals surface area contributed by atoms with Gasteiger partial charge in [-0.2, -0.15) is 0 Å². The van der Waals surface area contributed by atoms with Crippen LogP contribution < -0.4 is 15.4 Å². The molecule has 1 fully saturated rings. The number of rotatable bonds is 8. The first-order valence-corrected chi connectivity index (χ1v) is 7.13. The minimum absolute atomic E-state index is 0.687. The molecule has 1 aromatic rings. The highest BCUT2D eigenvalue weighted by Crippen LogP contribution is 2.37. The average Bonchev–Trinajstić information content (AvgIpc) is 3.26.